The summed E-state index contributed by atoms with van der Waals surface area (Å²) in [5.41, 5.74) is 0.958. The first-order valence-electron chi connectivity index (χ1n) is 7.21. The first-order valence-corrected chi connectivity index (χ1v) is 7.21. The molecule has 2 fully saturated rings. The van der Waals surface area contributed by atoms with Crippen LogP contribution in [0.4, 0.5) is 4.79 Å². The number of carbonyl (C=O) groups is 2. The molecule has 21 heavy (non-hydrogen) atoms. The predicted octanol–water partition coefficient (Wildman–Crippen LogP) is 0.439. The van der Waals surface area contributed by atoms with Crippen molar-refractivity contribution in [1.29, 1.82) is 0 Å². The van der Waals surface area contributed by atoms with E-state index < -0.39 is 0 Å². The Morgan fingerprint density at radius 2 is 2.05 bits per heavy atom. The Bertz CT molecular complexity index is 520. The van der Waals surface area contributed by atoms with Crippen LogP contribution in [0.5, 0.6) is 0 Å². The van der Waals surface area contributed by atoms with Crippen molar-refractivity contribution in [3.05, 3.63) is 35.9 Å². The fraction of sp³-hybridized carbons (Fsp3) is 0.467. The van der Waals surface area contributed by atoms with E-state index in [9.17, 15) is 9.59 Å². The van der Waals surface area contributed by atoms with Crippen LogP contribution in [-0.2, 0) is 16.1 Å². The highest BCUT2D eigenvalue weighted by atomic mass is 16.6. The smallest absolute Gasteiger partial charge is 0.410 e. The van der Waals surface area contributed by atoms with Gasteiger partial charge in [-0.15, -0.1) is 0 Å². The fourth-order valence-corrected chi connectivity index (χ4v) is 2.75. The molecular weight excluding hydrogens is 270 g/mol. The fourth-order valence-electron chi connectivity index (χ4n) is 2.75. The Morgan fingerprint density at radius 3 is 2.86 bits per heavy atom. The van der Waals surface area contributed by atoms with Gasteiger partial charge in [0.15, 0.2) is 0 Å². The van der Waals surface area contributed by atoms with Crippen molar-refractivity contribution >= 4 is 12.0 Å². The molecule has 2 amide bonds. The molecule has 0 bridgehead atoms. The lowest BCUT2D eigenvalue weighted by molar-refractivity contribution is -0.131. The number of benzene rings is 1. The summed E-state index contributed by atoms with van der Waals surface area (Å²) in [7, 11) is 0. The van der Waals surface area contributed by atoms with Gasteiger partial charge >= 0.3 is 6.09 Å². The molecular formula is C15H19N3O3. The van der Waals surface area contributed by atoms with Gasteiger partial charge in [-0.05, 0) is 5.56 Å². The Hall–Kier alpha value is -2.08. The largest absolute Gasteiger partial charge is 0.445 e. The van der Waals surface area contributed by atoms with Crippen LogP contribution in [0.3, 0.4) is 0 Å². The highest BCUT2D eigenvalue weighted by molar-refractivity contribution is 5.83. The van der Waals surface area contributed by atoms with Crippen molar-refractivity contribution in [1.82, 2.24) is 15.1 Å². The maximum absolute atomic E-state index is 12.1. The topological polar surface area (TPSA) is 61.9 Å². The lowest BCUT2D eigenvalue weighted by Gasteiger charge is -2.42. The van der Waals surface area contributed by atoms with Crippen molar-refractivity contribution < 1.29 is 14.3 Å². The summed E-state index contributed by atoms with van der Waals surface area (Å²) in [6, 6.07) is 9.34. The van der Waals surface area contributed by atoms with Crippen molar-refractivity contribution in [3.63, 3.8) is 0 Å². The summed E-state index contributed by atoms with van der Waals surface area (Å²) in [5, 5.41) is 2.84. The number of nitrogens with one attached hydrogen (secondary N) is 1. The molecule has 0 spiro atoms. The number of piperazine rings is 2. The van der Waals surface area contributed by atoms with Crippen molar-refractivity contribution in [3.8, 4) is 0 Å². The lowest BCUT2D eigenvalue weighted by Crippen LogP contribution is -2.64. The number of ether oxygens (including phenoxy) is 1. The zero-order chi connectivity index (χ0) is 14.7. The molecule has 2 heterocycles. The summed E-state index contributed by atoms with van der Waals surface area (Å²) >= 11 is 0. The molecule has 1 unspecified atom stereocenters. The van der Waals surface area contributed by atoms with Gasteiger partial charge in [-0.2, -0.15) is 0 Å². The third-order valence-electron chi connectivity index (χ3n) is 3.96. The summed E-state index contributed by atoms with van der Waals surface area (Å²) in [6.07, 6.45) is -0.350. The number of nitrogens with zero attached hydrogens (tertiary/aromatic N) is 2. The first-order chi connectivity index (χ1) is 10.2. The van der Waals surface area contributed by atoms with E-state index in [2.05, 4.69) is 10.2 Å². The molecule has 0 saturated carbocycles. The van der Waals surface area contributed by atoms with Crippen molar-refractivity contribution in [2.45, 2.75) is 12.6 Å². The summed E-state index contributed by atoms with van der Waals surface area (Å²) < 4.78 is 5.32. The molecule has 1 N–H and O–H groups in total. The third-order valence-corrected chi connectivity index (χ3v) is 3.96. The number of rotatable bonds is 2. The SMILES string of the molecule is O=C1NCCN2CCN(C(=O)OCc3ccccc3)CC12. The molecule has 1 aromatic rings. The minimum absolute atomic E-state index is 0.00168. The minimum atomic E-state index is -0.350. The maximum atomic E-state index is 12.1. The van der Waals surface area contributed by atoms with E-state index in [-0.39, 0.29) is 24.6 Å². The average molecular weight is 289 g/mol. The monoisotopic (exact) mass is 289 g/mol. The third kappa shape index (κ3) is 3.16. The van der Waals surface area contributed by atoms with Crippen LogP contribution in [-0.4, -0.2) is 60.6 Å². The molecule has 1 aromatic carbocycles. The number of amides is 2. The highest BCUT2D eigenvalue weighted by Gasteiger charge is 2.36. The summed E-state index contributed by atoms with van der Waals surface area (Å²) in [5.74, 6) is 0.00168. The van der Waals surface area contributed by atoms with E-state index >= 15 is 0 Å². The Morgan fingerprint density at radius 1 is 1.24 bits per heavy atom. The van der Waals surface area contributed by atoms with Gasteiger partial charge < -0.3 is 15.0 Å². The van der Waals surface area contributed by atoms with Crippen LogP contribution < -0.4 is 5.32 Å². The molecule has 2 aliphatic rings. The zero-order valence-electron chi connectivity index (χ0n) is 11.8. The normalized spacial score (nSPS) is 22.4. The minimum Gasteiger partial charge on any atom is -0.445 e. The molecule has 0 aliphatic carbocycles. The Labute approximate surface area is 123 Å². The van der Waals surface area contributed by atoms with E-state index in [1.165, 1.54) is 0 Å². The molecule has 112 valence electrons. The van der Waals surface area contributed by atoms with E-state index in [0.29, 0.717) is 19.6 Å². The van der Waals surface area contributed by atoms with Gasteiger partial charge in [0.1, 0.15) is 12.6 Å². The zero-order valence-corrected chi connectivity index (χ0v) is 11.8. The van der Waals surface area contributed by atoms with E-state index in [4.69, 9.17) is 4.74 Å². The van der Waals surface area contributed by atoms with E-state index in [1.54, 1.807) is 4.90 Å². The second kappa shape index (κ2) is 6.13. The van der Waals surface area contributed by atoms with Crippen molar-refractivity contribution in [2.24, 2.45) is 0 Å². The van der Waals surface area contributed by atoms with E-state index in [1.807, 2.05) is 30.3 Å². The first kappa shape index (κ1) is 13.9. The van der Waals surface area contributed by atoms with Crippen LogP contribution in [0.1, 0.15) is 5.56 Å². The van der Waals surface area contributed by atoms with Crippen molar-refractivity contribution in [2.75, 3.05) is 32.7 Å². The molecule has 0 aromatic heterocycles. The quantitative estimate of drug-likeness (QED) is 0.858. The average Bonchev–Trinajstić information content (AvgIpc) is 2.54. The molecule has 6 heteroatoms. The van der Waals surface area contributed by atoms with Crippen LogP contribution in [0.25, 0.3) is 0 Å². The van der Waals surface area contributed by atoms with Gasteiger partial charge in [-0.1, -0.05) is 30.3 Å². The number of carbonyl (C=O) groups excluding carboxylic acids is 2. The van der Waals surface area contributed by atoms with E-state index in [0.717, 1.165) is 18.7 Å². The summed E-state index contributed by atoms with van der Waals surface area (Å²) in [6.45, 7) is 3.53. The van der Waals surface area contributed by atoms with Gasteiger partial charge in [0.2, 0.25) is 5.91 Å². The molecule has 6 nitrogen and oxygen atoms in total. The molecule has 2 aliphatic heterocycles. The Balaban J connectivity index is 1.54. The van der Waals surface area contributed by atoms with Gasteiger partial charge in [0.05, 0.1) is 0 Å². The van der Waals surface area contributed by atoms with Gasteiger partial charge in [0.25, 0.3) is 0 Å². The van der Waals surface area contributed by atoms with Crippen LogP contribution in [0.15, 0.2) is 30.3 Å². The molecule has 3 rings (SSSR count). The van der Waals surface area contributed by atoms with Crippen LogP contribution >= 0.6 is 0 Å². The molecule has 1 atom stereocenters. The second-order valence-corrected chi connectivity index (χ2v) is 5.33. The predicted molar refractivity (Wildman–Crippen MR) is 76.6 cm³/mol. The number of fused-ring (bicyclic) bond motifs is 1. The second-order valence-electron chi connectivity index (χ2n) is 5.33. The lowest BCUT2D eigenvalue weighted by atomic mass is 10.1. The van der Waals surface area contributed by atoms with Gasteiger partial charge in [-0.25, -0.2) is 4.79 Å². The summed E-state index contributed by atoms with van der Waals surface area (Å²) in [4.78, 5) is 27.7. The number of hydrogen-bond acceptors (Lipinski definition) is 4. The molecule has 0 radical (unpaired) electrons. The number of hydrogen-bond donors (Lipinski definition) is 1. The maximum Gasteiger partial charge on any atom is 0.410 e. The standard InChI is InChI=1S/C15H19N3O3/c19-14-13-10-18(9-8-17(13)7-6-16-14)15(20)21-11-12-4-2-1-3-5-12/h1-5,13H,6-11H2,(H,16,19). The van der Waals surface area contributed by atoms with Gasteiger partial charge in [0, 0.05) is 32.7 Å². The molecule has 2 saturated heterocycles. The van der Waals surface area contributed by atoms with Gasteiger partial charge in [-0.3, -0.25) is 9.69 Å². The highest BCUT2D eigenvalue weighted by Crippen LogP contribution is 2.14. The van der Waals surface area contributed by atoms with Crippen LogP contribution in [0.2, 0.25) is 0 Å². The Kier molecular flexibility index (Phi) is 4.06. The van der Waals surface area contributed by atoms with Crippen LogP contribution in [0, 0.1) is 0 Å².